The van der Waals surface area contributed by atoms with Gasteiger partial charge in [-0.05, 0) is 82.6 Å². The Morgan fingerprint density at radius 1 is 0.565 bits per heavy atom. The first kappa shape index (κ1) is 14.9. The maximum Gasteiger partial charge on any atom is 0.0345 e. The van der Waals surface area contributed by atoms with E-state index in [-0.39, 0.29) is 0 Å². The molecule has 2 heterocycles. The third-order valence-electron chi connectivity index (χ3n) is 4.56. The molecule has 0 saturated carbocycles. The zero-order valence-corrected chi connectivity index (χ0v) is 14.8. The van der Waals surface area contributed by atoms with Gasteiger partial charge in [-0.3, -0.25) is 0 Å². The summed E-state index contributed by atoms with van der Waals surface area (Å²) < 4.78 is 2.85. The van der Waals surface area contributed by atoms with Crippen molar-refractivity contribution < 1.29 is 0 Å². The van der Waals surface area contributed by atoms with Gasteiger partial charge >= 0.3 is 0 Å². The molecule has 0 saturated heterocycles. The van der Waals surface area contributed by atoms with Gasteiger partial charge < -0.3 is 0 Å². The lowest BCUT2D eigenvalue weighted by atomic mass is 10.0. The lowest BCUT2D eigenvalue weighted by Gasteiger charge is -2.05. The molecule has 2 aromatic carbocycles. The number of thiophene rings is 2. The molecule has 0 aliphatic rings. The molecule has 0 aliphatic carbocycles. The summed E-state index contributed by atoms with van der Waals surface area (Å²) >= 11 is 3.69. The van der Waals surface area contributed by atoms with E-state index in [2.05, 4.69) is 59.3 Å². The Kier molecular flexibility index (Phi) is 4.45. The molecule has 2 heteroatoms. The van der Waals surface area contributed by atoms with Crippen LogP contribution in [0.3, 0.4) is 0 Å². The largest absolute Gasteiger partial charge is 0.144 e. The fraction of sp³-hybridized carbons (Fsp3) is 0.238. The summed E-state index contributed by atoms with van der Waals surface area (Å²) in [5.41, 5.74) is 3.03. The predicted octanol–water partition coefficient (Wildman–Crippen LogP) is 7.07. The van der Waals surface area contributed by atoms with Crippen molar-refractivity contribution in [1.82, 2.24) is 0 Å². The number of benzene rings is 2. The van der Waals surface area contributed by atoms with Gasteiger partial charge in [0.1, 0.15) is 0 Å². The van der Waals surface area contributed by atoms with Gasteiger partial charge in [0, 0.05) is 9.40 Å². The Bertz CT molecular complexity index is 838. The lowest BCUT2D eigenvalue weighted by Crippen LogP contribution is -1.90. The average Bonchev–Trinajstić information content (AvgIpc) is 3.24. The molecule has 0 amide bonds. The lowest BCUT2D eigenvalue weighted by molar-refractivity contribution is 0.682. The highest BCUT2D eigenvalue weighted by atomic mass is 32.1. The number of hydrogen-bond donors (Lipinski definition) is 0. The van der Waals surface area contributed by atoms with Crippen molar-refractivity contribution in [2.24, 2.45) is 0 Å². The average molecular weight is 337 g/mol. The molecule has 0 bridgehead atoms. The van der Waals surface area contributed by atoms with Gasteiger partial charge in [-0.25, -0.2) is 0 Å². The topological polar surface area (TPSA) is 0 Å². The van der Waals surface area contributed by atoms with Crippen LogP contribution in [0.1, 0.15) is 30.4 Å². The Morgan fingerprint density at radius 2 is 1.09 bits per heavy atom. The van der Waals surface area contributed by atoms with Gasteiger partial charge in [0.25, 0.3) is 0 Å². The van der Waals surface area contributed by atoms with Crippen LogP contribution in [-0.4, -0.2) is 0 Å². The van der Waals surface area contributed by atoms with Crippen LogP contribution in [0.4, 0.5) is 0 Å². The van der Waals surface area contributed by atoms with Crippen LogP contribution in [0.25, 0.3) is 20.2 Å². The Hall–Kier alpha value is -1.64. The molecule has 0 aliphatic heterocycles. The summed E-state index contributed by atoms with van der Waals surface area (Å²) in [5, 5.41) is 7.33. The van der Waals surface area contributed by atoms with E-state index in [0.717, 1.165) is 0 Å². The fourth-order valence-electron chi connectivity index (χ4n) is 3.36. The maximum atomic E-state index is 2.29. The summed E-state index contributed by atoms with van der Waals surface area (Å²) in [7, 11) is 0. The van der Waals surface area contributed by atoms with Crippen LogP contribution < -0.4 is 0 Å². The predicted molar refractivity (Wildman–Crippen MR) is 105 cm³/mol. The molecular formula is C21H20S2. The minimum atomic E-state index is 1.21. The molecule has 2 aromatic heterocycles. The van der Waals surface area contributed by atoms with Gasteiger partial charge in [-0.15, -0.1) is 22.7 Å². The molecule has 0 radical (unpaired) electrons. The third-order valence-corrected chi connectivity index (χ3v) is 6.33. The van der Waals surface area contributed by atoms with Gasteiger partial charge in [-0.2, -0.15) is 0 Å². The number of unbranched alkanes of at least 4 members (excludes halogenated alkanes) is 2. The van der Waals surface area contributed by atoms with E-state index < -0.39 is 0 Å². The fourth-order valence-corrected chi connectivity index (χ4v) is 5.03. The van der Waals surface area contributed by atoms with E-state index in [1.807, 2.05) is 22.7 Å². The molecule has 23 heavy (non-hydrogen) atoms. The third kappa shape index (κ3) is 3.19. The van der Waals surface area contributed by atoms with Gasteiger partial charge in [-0.1, -0.05) is 30.7 Å². The van der Waals surface area contributed by atoms with Crippen LogP contribution >= 0.6 is 22.7 Å². The highest BCUT2D eigenvalue weighted by molar-refractivity contribution is 7.17. The zero-order chi connectivity index (χ0) is 15.5. The Morgan fingerprint density at radius 3 is 1.61 bits per heavy atom. The summed E-state index contributed by atoms with van der Waals surface area (Å²) in [5.74, 6) is 0. The van der Waals surface area contributed by atoms with E-state index in [1.54, 1.807) is 0 Å². The Balaban J connectivity index is 1.32. The highest BCUT2D eigenvalue weighted by Crippen LogP contribution is 2.27. The maximum absolute atomic E-state index is 2.29. The molecule has 4 rings (SSSR count). The van der Waals surface area contributed by atoms with Gasteiger partial charge in [0.05, 0.1) is 0 Å². The monoisotopic (exact) mass is 336 g/mol. The van der Waals surface area contributed by atoms with Gasteiger partial charge in [0.15, 0.2) is 0 Å². The number of aryl methyl sites for hydroxylation is 2. The molecule has 0 atom stereocenters. The number of fused-ring (bicyclic) bond motifs is 2. The van der Waals surface area contributed by atoms with Crippen molar-refractivity contribution in [3.8, 4) is 0 Å². The molecule has 0 nitrogen and oxygen atoms in total. The summed E-state index contributed by atoms with van der Waals surface area (Å²) in [6.07, 6.45) is 6.29. The highest BCUT2D eigenvalue weighted by Gasteiger charge is 2.03. The molecular weight excluding hydrogens is 316 g/mol. The SMILES string of the molecule is c1cc(CCCCCc2cccc3sccc23)c2ccsc2c1. The van der Waals surface area contributed by atoms with E-state index >= 15 is 0 Å². The summed E-state index contributed by atoms with van der Waals surface area (Å²) in [6.45, 7) is 0. The first-order valence-electron chi connectivity index (χ1n) is 8.32. The van der Waals surface area contributed by atoms with E-state index in [1.165, 1.54) is 63.4 Å². The second kappa shape index (κ2) is 6.86. The van der Waals surface area contributed by atoms with Crippen LogP contribution in [0.2, 0.25) is 0 Å². The Labute approximate surface area is 145 Å². The zero-order valence-electron chi connectivity index (χ0n) is 13.1. The molecule has 4 aromatic rings. The minimum Gasteiger partial charge on any atom is -0.144 e. The molecule has 116 valence electrons. The van der Waals surface area contributed by atoms with E-state index in [0.29, 0.717) is 0 Å². The van der Waals surface area contributed by atoms with Crippen molar-refractivity contribution in [3.63, 3.8) is 0 Å². The number of hydrogen-bond acceptors (Lipinski definition) is 2. The second-order valence-corrected chi connectivity index (χ2v) is 7.96. The van der Waals surface area contributed by atoms with Crippen molar-refractivity contribution >= 4 is 42.8 Å². The standard InChI is InChI=1S/C21H20S2/c1(2-6-16-8-4-10-20-18(16)12-14-22-20)3-7-17-9-5-11-21-19(17)13-15-23-21/h4-5,8-15H,1-3,6-7H2. The summed E-state index contributed by atoms with van der Waals surface area (Å²) in [6, 6.07) is 18.0. The van der Waals surface area contributed by atoms with Crippen LogP contribution in [0.15, 0.2) is 59.3 Å². The molecule has 0 spiro atoms. The molecule has 0 unspecified atom stereocenters. The van der Waals surface area contributed by atoms with Crippen molar-refractivity contribution in [3.05, 3.63) is 70.4 Å². The van der Waals surface area contributed by atoms with Crippen molar-refractivity contribution in [2.75, 3.05) is 0 Å². The first-order chi connectivity index (χ1) is 11.4. The van der Waals surface area contributed by atoms with Crippen molar-refractivity contribution in [1.29, 1.82) is 0 Å². The quantitative estimate of drug-likeness (QED) is 0.330. The van der Waals surface area contributed by atoms with Crippen LogP contribution in [0, 0.1) is 0 Å². The van der Waals surface area contributed by atoms with Crippen molar-refractivity contribution in [2.45, 2.75) is 32.1 Å². The van der Waals surface area contributed by atoms with E-state index in [4.69, 9.17) is 0 Å². The van der Waals surface area contributed by atoms with E-state index in [9.17, 15) is 0 Å². The normalized spacial score (nSPS) is 11.5. The van der Waals surface area contributed by atoms with Crippen LogP contribution in [-0.2, 0) is 12.8 Å². The van der Waals surface area contributed by atoms with Crippen LogP contribution in [0.5, 0.6) is 0 Å². The molecule has 0 fully saturated rings. The molecule has 0 N–H and O–H groups in total. The number of rotatable bonds is 6. The summed E-state index contributed by atoms with van der Waals surface area (Å²) in [4.78, 5) is 0. The van der Waals surface area contributed by atoms with Gasteiger partial charge in [0.2, 0.25) is 0 Å². The smallest absolute Gasteiger partial charge is 0.0345 e. The first-order valence-corrected chi connectivity index (χ1v) is 10.1. The minimum absolute atomic E-state index is 1.21. The second-order valence-electron chi connectivity index (χ2n) is 6.06.